The van der Waals surface area contributed by atoms with E-state index in [0.717, 1.165) is 16.7 Å². The summed E-state index contributed by atoms with van der Waals surface area (Å²) in [6.07, 6.45) is 1.35. The van der Waals surface area contributed by atoms with Crippen molar-refractivity contribution >= 4 is 27.5 Å². The number of hydrogen-bond acceptors (Lipinski definition) is 8. The normalized spacial score (nSPS) is 11.2. The van der Waals surface area contributed by atoms with Gasteiger partial charge in [-0.2, -0.15) is 0 Å². The first-order chi connectivity index (χ1) is 18.7. The maximum Gasteiger partial charge on any atom is 0.264 e. The fourth-order valence-electron chi connectivity index (χ4n) is 3.71. The number of nitrogen functional groups attached to an aromatic ring is 1. The molecule has 1 aromatic heterocycles. The molecule has 4 aromatic rings. The van der Waals surface area contributed by atoms with E-state index in [4.69, 9.17) is 10.5 Å². The third kappa shape index (κ3) is 7.56. The molecule has 10 heteroatoms. The summed E-state index contributed by atoms with van der Waals surface area (Å²) in [7, 11) is -4.07. The monoisotopic (exact) mass is 544 g/mol. The predicted molar refractivity (Wildman–Crippen MR) is 147 cm³/mol. The lowest BCUT2D eigenvalue weighted by molar-refractivity contribution is -0.120. The minimum absolute atomic E-state index is 0.0190. The minimum atomic E-state index is -4.07. The topological polar surface area (TPSA) is 141 Å². The van der Waals surface area contributed by atoms with Gasteiger partial charge in [0.15, 0.2) is 11.6 Å². The van der Waals surface area contributed by atoms with Gasteiger partial charge in [0.2, 0.25) is 5.91 Å². The van der Waals surface area contributed by atoms with Crippen LogP contribution in [0.25, 0.3) is 11.3 Å². The Bertz CT molecular complexity index is 1560. The fourth-order valence-corrected chi connectivity index (χ4v) is 4.73. The zero-order valence-corrected chi connectivity index (χ0v) is 22.1. The summed E-state index contributed by atoms with van der Waals surface area (Å²) < 4.78 is 32.7. The molecule has 1 amide bonds. The van der Waals surface area contributed by atoms with Gasteiger partial charge in [0, 0.05) is 12.0 Å². The molecule has 4 rings (SSSR count). The summed E-state index contributed by atoms with van der Waals surface area (Å²) in [5, 5.41) is 0. The maximum atomic E-state index is 12.9. The van der Waals surface area contributed by atoms with Crippen LogP contribution in [0.2, 0.25) is 0 Å². The number of sulfonamides is 1. The summed E-state index contributed by atoms with van der Waals surface area (Å²) >= 11 is 0. The van der Waals surface area contributed by atoms with Crippen molar-refractivity contribution in [3.63, 3.8) is 0 Å². The first kappa shape index (κ1) is 27.6. The van der Waals surface area contributed by atoms with Crippen LogP contribution in [-0.4, -0.2) is 36.7 Å². The van der Waals surface area contributed by atoms with Crippen molar-refractivity contribution < 1.29 is 22.7 Å². The Morgan fingerprint density at radius 1 is 0.923 bits per heavy atom. The number of nitrogens with zero attached hydrogens (tertiary/aromatic N) is 2. The number of hydrogen-bond donors (Lipinski definition) is 2. The number of anilines is 1. The number of nitrogens with two attached hydrogens (primary N) is 1. The largest absolute Gasteiger partial charge is 0.382 e. The molecule has 3 aromatic carbocycles. The molecule has 0 radical (unpaired) electrons. The lowest BCUT2D eigenvalue weighted by atomic mass is 10.1. The Morgan fingerprint density at radius 2 is 1.62 bits per heavy atom. The van der Waals surface area contributed by atoms with Crippen molar-refractivity contribution in [1.29, 1.82) is 0 Å². The number of rotatable bonds is 11. The van der Waals surface area contributed by atoms with Crippen molar-refractivity contribution in [2.75, 3.05) is 12.3 Å². The molecule has 0 fully saturated rings. The third-order valence-corrected chi connectivity index (χ3v) is 7.23. The molecule has 1 heterocycles. The van der Waals surface area contributed by atoms with Crippen molar-refractivity contribution in [1.82, 2.24) is 14.7 Å². The summed E-state index contributed by atoms with van der Waals surface area (Å²) in [5.41, 5.74) is 9.91. The zero-order valence-electron chi connectivity index (χ0n) is 21.3. The second-order valence-corrected chi connectivity index (χ2v) is 10.6. The zero-order chi connectivity index (χ0) is 27.8. The molecule has 0 aliphatic carbocycles. The van der Waals surface area contributed by atoms with Gasteiger partial charge in [0.05, 0.1) is 36.4 Å². The van der Waals surface area contributed by atoms with E-state index in [-0.39, 0.29) is 41.6 Å². The highest BCUT2D eigenvalue weighted by molar-refractivity contribution is 7.90. The number of aromatic nitrogens is 2. The standard InChI is InChI=1S/C29H28N4O5S/c1-20-7-11-23(12-8-20)25-18-31-29(30)28(32-25)26(34)17-21-9-13-24(14-10-21)39(36,37)33-27(35)15-16-38-19-22-5-3-2-4-6-22/h2-14,18H,15-17,19H2,1H3,(H2,30,31)(H,33,35). The number of carbonyl (C=O) groups excluding carboxylic acids is 2. The van der Waals surface area contributed by atoms with E-state index >= 15 is 0 Å². The van der Waals surface area contributed by atoms with Gasteiger partial charge in [-0.25, -0.2) is 23.1 Å². The van der Waals surface area contributed by atoms with Gasteiger partial charge in [0.25, 0.3) is 10.0 Å². The van der Waals surface area contributed by atoms with Crippen LogP contribution in [0.4, 0.5) is 5.82 Å². The Hall–Kier alpha value is -4.41. The van der Waals surface area contributed by atoms with E-state index < -0.39 is 15.9 Å². The summed E-state index contributed by atoms with van der Waals surface area (Å²) in [4.78, 5) is 33.5. The molecule has 0 spiro atoms. The average molecular weight is 545 g/mol. The molecule has 0 aliphatic rings. The van der Waals surface area contributed by atoms with Crippen LogP contribution in [0.3, 0.4) is 0 Å². The minimum Gasteiger partial charge on any atom is -0.382 e. The van der Waals surface area contributed by atoms with Gasteiger partial charge < -0.3 is 10.5 Å². The number of ketones is 1. The van der Waals surface area contributed by atoms with Crippen LogP contribution in [0.5, 0.6) is 0 Å². The lowest BCUT2D eigenvalue weighted by Gasteiger charge is -2.09. The van der Waals surface area contributed by atoms with Crippen molar-refractivity contribution in [3.8, 4) is 11.3 Å². The highest BCUT2D eigenvalue weighted by Gasteiger charge is 2.19. The van der Waals surface area contributed by atoms with Gasteiger partial charge in [0.1, 0.15) is 5.69 Å². The van der Waals surface area contributed by atoms with Gasteiger partial charge in [-0.05, 0) is 30.2 Å². The van der Waals surface area contributed by atoms with Crippen LogP contribution in [0.15, 0.2) is 90.0 Å². The van der Waals surface area contributed by atoms with E-state index in [1.165, 1.54) is 30.5 Å². The summed E-state index contributed by atoms with van der Waals surface area (Å²) in [6, 6.07) is 22.8. The molecular formula is C29H28N4O5S. The number of ether oxygens (including phenoxy) is 1. The van der Waals surface area contributed by atoms with Crippen LogP contribution in [-0.2, 0) is 32.6 Å². The molecular weight excluding hydrogens is 516 g/mol. The van der Waals surface area contributed by atoms with Crippen molar-refractivity contribution in [2.45, 2.75) is 31.3 Å². The van der Waals surface area contributed by atoms with Gasteiger partial charge in [-0.1, -0.05) is 72.3 Å². The van der Waals surface area contributed by atoms with Crippen LogP contribution in [0, 0.1) is 6.92 Å². The van der Waals surface area contributed by atoms with Crippen LogP contribution >= 0.6 is 0 Å². The Kier molecular flexibility index (Phi) is 8.80. The summed E-state index contributed by atoms with van der Waals surface area (Å²) in [5.74, 6) is -1.01. The number of benzene rings is 3. The number of Topliss-reactive ketones (excluding diaryl/α,β-unsaturated/α-hetero) is 1. The fraction of sp³-hybridized carbons (Fsp3) is 0.172. The number of carbonyl (C=O) groups is 2. The molecule has 9 nitrogen and oxygen atoms in total. The first-order valence-electron chi connectivity index (χ1n) is 12.2. The highest BCUT2D eigenvalue weighted by atomic mass is 32.2. The van der Waals surface area contributed by atoms with E-state index in [2.05, 4.69) is 9.97 Å². The number of aryl methyl sites for hydroxylation is 1. The molecule has 0 atom stereocenters. The Labute approximate surface area is 227 Å². The van der Waals surface area contributed by atoms with E-state index in [1.54, 1.807) is 0 Å². The first-order valence-corrected chi connectivity index (χ1v) is 13.7. The predicted octanol–water partition coefficient (Wildman–Crippen LogP) is 3.87. The van der Waals surface area contributed by atoms with Gasteiger partial charge >= 0.3 is 0 Å². The Morgan fingerprint density at radius 3 is 2.31 bits per heavy atom. The lowest BCUT2D eigenvalue weighted by Crippen LogP contribution is -2.31. The molecule has 0 saturated carbocycles. The smallest absolute Gasteiger partial charge is 0.264 e. The molecule has 39 heavy (non-hydrogen) atoms. The molecule has 0 bridgehead atoms. The van der Waals surface area contributed by atoms with Crippen LogP contribution < -0.4 is 10.5 Å². The third-order valence-electron chi connectivity index (χ3n) is 5.84. The van der Waals surface area contributed by atoms with Gasteiger partial charge in [-0.3, -0.25) is 9.59 Å². The van der Waals surface area contributed by atoms with E-state index in [9.17, 15) is 18.0 Å². The van der Waals surface area contributed by atoms with E-state index in [0.29, 0.717) is 17.9 Å². The second-order valence-electron chi connectivity index (χ2n) is 8.92. The highest BCUT2D eigenvalue weighted by Crippen LogP contribution is 2.20. The van der Waals surface area contributed by atoms with Crippen molar-refractivity contribution in [2.24, 2.45) is 0 Å². The number of nitrogens with one attached hydrogen (secondary N) is 1. The molecule has 3 N–H and O–H groups in total. The van der Waals surface area contributed by atoms with Gasteiger partial charge in [-0.15, -0.1) is 0 Å². The number of amides is 1. The van der Waals surface area contributed by atoms with Crippen molar-refractivity contribution in [3.05, 3.63) is 107 Å². The SMILES string of the molecule is Cc1ccc(-c2cnc(N)c(C(=O)Cc3ccc(S(=O)(=O)NC(=O)CCOCc4ccccc4)cc3)n2)cc1. The van der Waals surface area contributed by atoms with E-state index in [1.807, 2.05) is 66.2 Å². The Balaban J connectivity index is 1.34. The average Bonchev–Trinajstić information content (AvgIpc) is 2.92. The summed E-state index contributed by atoms with van der Waals surface area (Å²) in [6.45, 7) is 2.38. The maximum absolute atomic E-state index is 12.9. The quantitative estimate of drug-likeness (QED) is 0.214. The molecule has 0 unspecified atom stereocenters. The molecule has 0 aliphatic heterocycles. The van der Waals surface area contributed by atoms with Crippen LogP contribution in [0.1, 0.15) is 33.6 Å². The second kappa shape index (κ2) is 12.4. The molecule has 0 saturated heterocycles. The molecule has 200 valence electrons.